The van der Waals surface area contributed by atoms with Crippen molar-refractivity contribution in [2.75, 3.05) is 4.90 Å². The van der Waals surface area contributed by atoms with Gasteiger partial charge < -0.3 is 9.64 Å². The summed E-state index contributed by atoms with van der Waals surface area (Å²) in [7, 11) is 0. The van der Waals surface area contributed by atoms with Crippen molar-refractivity contribution in [1.29, 1.82) is 0 Å². The van der Waals surface area contributed by atoms with Gasteiger partial charge in [0.1, 0.15) is 12.4 Å². The first-order chi connectivity index (χ1) is 23.6. The smallest absolute Gasteiger partial charge is 0.269 e. The molecule has 6 aromatic carbocycles. The third-order valence-electron chi connectivity index (χ3n) is 8.17. The number of aromatic nitrogens is 1. The van der Waals surface area contributed by atoms with Gasteiger partial charge >= 0.3 is 0 Å². The first-order valence-corrected chi connectivity index (χ1v) is 15.6. The van der Waals surface area contributed by atoms with Gasteiger partial charge in [0.2, 0.25) is 0 Å². The SMILES string of the molecule is O=[N+]([O-])c1ccc(COc2cc(-c3ccc(N(c4ccccc4)c4ccccc4)cc3)ccc2C=Cc2ccnc3ccccc23)cc1. The largest absolute Gasteiger partial charge is 0.488 e. The summed E-state index contributed by atoms with van der Waals surface area (Å²) in [4.78, 5) is 17.5. The fourth-order valence-electron chi connectivity index (χ4n) is 5.70. The van der Waals surface area contributed by atoms with Gasteiger partial charge in [-0.25, -0.2) is 0 Å². The normalized spacial score (nSPS) is 11.1. The summed E-state index contributed by atoms with van der Waals surface area (Å²) in [6.45, 7) is 0.266. The van der Waals surface area contributed by atoms with Crippen LogP contribution in [0.1, 0.15) is 16.7 Å². The van der Waals surface area contributed by atoms with Crippen molar-refractivity contribution in [1.82, 2.24) is 4.98 Å². The molecule has 0 saturated carbocycles. The number of hydrogen-bond donors (Lipinski definition) is 0. The molecule has 7 aromatic rings. The molecule has 0 aliphatic carbocycles. The maximum Gasteiger partial charge on any atom is 0.269 e. The summed E-state index contributed by atoms with van der Waals surface area (Å²) in [5.74, 6) is 0.708. The molecule has 0 spiro atoms. The topological polar surface area (TPSA) is 68.5 Å². The molecule has 6 heteroatoms. The molecule has 232 valence electrons. The van der Waals surface area contributed by atoms with Crippen LogP contribution in [0.5, 0.6) is 5.75 Å². The minimum Gasteiger partial charge on any atom is -0.488 e. The number of pyridine rings is 1. The minimum atomic E-state index is -0.399. The molecule has 0 radical (unpaired) electrons. The van der Waals surface area contributed by atoms with Gasteiger partial charge in [-0.2, -0.15) is 0 Å². The van der Waals surface area contributed by atoms with Crippen LogP contribution < -0.4 is 9.64 Å². The second-order valence-electron chi connectivity index (χ2n) is 11.3. The van der Waals surface area contributed by atoms with E-state index >= 15 is 0 Å². The number of para-hydroxylation sites is 3. The summed E-state index contributed by atoms with van der Waals surface area (Å²) in [5, 5.41) is 12.2. The number of nitro benzene ring substituents is 1. The molecule has 0 bridgehead atoms. The van der Waals surface area contributed by atoms with Gasteiger partial charge in [0.25, 0.3) is 5.69 Å². The monoisotopic (exact) mass is 625 g/mol. The van der Waals surface area contributed by atoms with E-state index in [4.69, 9.17) is 4.74 Å². The molecule has 1 aromatic heterocycles. The Morgan fingerprint density at radius 3 is 1.92 bits per heavy atom. The average molecular weight is 626 g/mol. The summed E-state index contributed by atoms with van der Waals surface area (Å²) >= 11 is 0. The lowest BCUT2D eigenvalue weighted by atomic mass is 10.0. The standard InChI is InChI=1S/C42H31N3O3/c46-45(47)39-23-15-31(16-24-39)30-48-42-29-35(20-19-34(42)18-17-33-27-28-43-41-14-8-7-13-40(33)41)32-21-25-38(26-22-32)44(36-9-3-1-4-10-36)37-11-5-2-6-12-37/h1-29H,30H2. The van der Waals surface area contributed by atoms with Crippen LogP contribution in [-0.2, 0) is 6.61 Å². The van der Waals surface area contributed by atoms with Gasteiger partial charge in [-0.3, -0.25) is 15.1 Å². The van der Waals surface area contributed by atoms with Gasteiger partial charge in [0.15, 0.2) is 0 Å². The van der Waals surface area contributed by atoms with Crippen LogP contribution in [0.15, 0.2) is 164 Å². The first-order valence-electron chi connectivity index (χ1n) is 15.6. The van der Waals surface area contributed by atoms with Gasteiger partial charge in [-0.1, -0.05) is 91.0 Å². The second-order valence-corrected chi connectivity index (χ2v) is 11.3. The van der Waals surface area contributed by atoms with E-state index in [9.17, 15) is 10.1 Å². The number of fused-ring (bicyclic) bond motifs is 1. The Labute approximate surface area is 279 Å². The third kappa shape index (κ3) is 6.69. The summed E-state index contributed by atoms with van der Waals surface area (Å²) in [5.41, 5.74) is 9.07. The Kier molecular flexibility index (Phi) is 8.70. The van der Waals surface area contributed by atoms with E-state index in [2.05, 4.69) is 94.8 Å². The molecule has 1 heterocycles. The molecule has 6 nitrogen and oxygen atoms in total. The Morgan fingerprint density at radius 1 is 0.625 bits per heavy atom. The van der Waals surface area contributed by atoms with E-state index in [0.29, 0.717) is 5.75 Å². The maximum atomic E-state index is 11.1. The van der Waals surface area contributed by atoms with Crippen molar-refractivity contribution in [2.24, 2.45) is 0 Å². The molecule has 0 aliphatic rings. The molecule has 0 N–H and O–H groups in total. The van der Waals surface area contributed by atoms with Crippen molar-refractivity contribution < 1.29 is 9.66 Å². The van der Waals surface area contributed by atoms with Crippen molar-refractivity contribution >= 4 is 45.8 Å². The lowest BCUT2D eigenvalue weighted by molar-refractivity contribution is -0.384. The number of anilines is 3. The predicted molar refractivity (Wildman–Crippen MR) is 195 cm³/mol. The fourth-order valence-corrected chi connectivity index (χ4v) is 5.70. The first kappa shape index (κ1) is 30.1. The molecule has 0 saturated heterocycles. The van der Waals surface area contributed by atoms with Crippen LogP contribution in [0.25, 0.3) is 34.2 Å². The number of ether oxygens (including phenoxy) is 1. The molecular formula is C42H31N3O3. The highest BCUT2D eigenvalue weighted by atomic mass is 16.6. The van der Waals surface area contributed by atoms with E-state index < -0.39 is 4.92 Å². The Bertz CT molecular complexity index is 2150. The fraction of sp³-hybridized carbons (Fsp3) is 0.0238. The van der Waals surface area contributed by atoms with Gasteiger partial charge in [0.05, 0.1) is 10.4 Å². The highest BCUT2D eigenvalue weighted by molar-refractivity contribution is 5.91. The summed E-state index contributed by atoms with van der Waals surface area (Å²) in [6, 6.07) is 51.9. The van der Waals surface area contributed by atoms with Crippen molar-refractivity contribution in [2.45, 2.75) is 6.61 Å². The molecule has 0 amide bonds. The lowest BCUT2D eigenvalue weighted by Crippen LogP contribution is -2.09. The van der Waals surface area contributed by atoms with Crippen molar-refractivity contribution in [3.05, 3.63) is 191 Å². The third-order valence-corrected chi connectivity index (χ3v) is 8.17. The summed E-state index contributed by atoms with van der Waals surface area (Å²) in [6.07, 6.45) is 5.95. The number of nitrogens with zero attached hydrogens (tertiary/aromatic N) is 3. The zero-order chi connectivity index (χ0) is 32.7. The van der Waals surface area contributed by atoms with Crippen LogP contribution in [0, 0.1) is 10.1 Å². The number of rotatable bonds is 10. The molecular weight excluding hydrogens is 594 g/mol. The number of benzene rings is 6. The van der Waals surface area contributed by atoms with Crippen LogP contribution >= 0.6 is 0 Å². The highest BCUT2D eigenvalue weighted by Crippen LogP contribution is 2.36. The lowest BCUT2D eigenvalue weighted by Gasteiger charge is -2.25. The van der Waals surface area contributed by atoms with E-state index in [1.54, 1.807) is 12.1 Å². The quantitative estimate of drug-likeness (QED) is 0.112. The van der Waals surface area contributed by atoms with Crippen LogP contribution in [-0.4, -0.2) is 9.91 Å². The molecule has 0 atom stereocenters. The van der Waals surface area contributed by atoms with Gasteiger partial charge in [0, 0.05) is 46.3 Å². The predicted octanol–water partition coefficient (Wildman–Crippen LogP) is 11.0. The van der Waals surface area contributed by atoms with Crippen LogP contribution in [0.4, 0.5) is 22.7 Å². The van der Waals surface area contributed by atoms with Crippen molar-refractivity contribution in [3.8, 4) is 16.9 Å². The second kappa shape index (κ2) is 13.8. The van der Waals surface area contributed by atoms with E-state index in [1.165, 1.54) is 12.1 Å². The Hall–Kier alpha value is -6.53. The molecule has 7 rings (SSSR count). The number of non-ortho nitro benzene ring substituents is 1. The number of nitro groups is 1. The van der Waals surface area contributed by atoms with E-state index in [1.807, 2.05) is 66.9 Å². The minimum absolute atomic E-state index is 0.0514. The van der Waals surface area contributed by atoms with E-state index in [0.717, 1.165) is 55.8 Å². The van der Waals surface area contributed by atoms with Crippen molar-refractivity contribution in [3.63, 3.8) is 0 Å². The highest BCUT2D eigenvalue weighted by Gasteiger charge is 2.13. The average Bonchev–Trinajstić information content (AvgIpc) is 3.15. The maximum absolute atomic E-state index is 11.1. The summed E-state index contributed by atoms with van der Waals surface area (Å²) < 4.78 is 6.40. The van der Waals surface area contributed by atoms with Crippen LogP contribution in [0.3, 0.4) is 0 Å². The van der Waals surface area contributed by atoms with Crippen LogP contribution in [0.2, 0.25) is 0 Å². The zero-order valence-corrected chi connectivity index (χ0v) is 26.0. The molecule has 0 unspecified atom stereocenters. The van der Waals surface area contributed by atoms with Gasteiger partial charge in [-0.15, -0.1) is 0 Å². The molecule has 48 heavy (non-hydrogen) atoms. The van der Waals surface area contributed by atoms with E-state index in [-0.39, 0.29) is 12.3 Å². The molecule has 0 fully saturated rings. The Balaban J connectivity index is 1.21. The Morgan fingerprint density at radius 2 is 1.23 bits per heavy atom. The zero-order valence-electron chi connectivity index (χ0n) is 26.0. The van der Waals surface area contributed by atoms with Gasteiger partial charge in [-0.05, 0) is 89.0 Å². The number of hydrogen-bond acceptors (Lipinski definition) is 5. The molecule has 0 aliphatic heterocycles.